The third-order valence-electron chi connectivity index (χ3n) is 8.72. The van der Waals surface area contributed by atoms with Gasteiger partial charge in [-0.2, -0.15) is 0 Å². The quantitative estimate of drug-likeness (QED) is 0.517. The highest BCUT2D eigenvalue weighted by Gasteiger charge is 2.78. The molecule has 2 fully saturated rings. The van der Waals surface area contributed by atoms with Gasteiger partial charge in [0.1, 0.15) is 18.5 Å². The van der Waals surface area contributed by atoms with Gasteiger partial charge in [-0.05, 0) is 31.0 Å². The smallest absolute Gasteiger partial charge is 0.303 e. The first-order valence-electron chi connectivity index (χ1n) is 12.0. The highest BCUT2D eigenvalue weighted by molar-refractivity contribution is 5.72. The van der Waals surface area contributed by atoms with Crippen molar-refractivity contribution in [3.05, 3.63) is 35.9 Å². The summed E-state index contributed by atoms with van der Waals surface area (Å²) < 4.78 is 17.0. The van der Waals surface area contributed by atoms with Crippen molar-refractivity contribution in [2.45, 2.75) is 62.8 Å². The molecule has 1 N–H and O–H groups in total. The maximum absolute atomic E-state index is 12.6. The number of benzene rings is 1. The number of aliphatic hydroxyl groups is 1. The first-order chi connectivity index (χ1) is 16.2. The third-order valence-corrected chi connectivity index (χ3v) is 8.72. The maximum Gasteiger partial charge on any atom is 0.303 e. The second-order valence-electron chi connectivity index (χ2n) is 10.2. The molecule has 3 heterocycles. The van der Waals surface area contributed by atoms with Gasteiger partial charge in [0.15, 0.2) is 5.60 Å². The number of rotatable bonds is 5. The van der Waals surface area contributed by atoms with Gasteiger partial charge in [0, 0.05) is 56.1 Å². The molecule has 184 valence electrons. The standard InChI is InChI=1S/C26H34N2O6/c1-6-24-10-7-12-28-13-11-25(21(24)28)19-9-8-18(32-5)14-20(19)27(4)22(25)26(31,15-33-16(2)29)23(24)34-17(3)30/h7-10,14,21-23,31H,6,11-13,15H2,1-5H3/t21-,22+,23+,24+,25+,26-/m0/s1. The Kier molecular flexibility index (Phi) is 5.26. The average Bonchev–Trinajstić information content (AvgIpc) is 3.32. The lowest BCUT2D eigenvalue weighted by Crippen LogP contribution is -2.80. The van der Waals surface area contributed by atoms with E-state index in [9.17, 15) is 14.7 Å². The zero-order valence-electron chi connectivity index (χ0n) is 20.5. The molecule has 1 spiro atoms. The molecule has 0 amide bonds. The van der Waals surface area contributed by atoms with Gasteiger partial charge >= 0.3 is 11.9 Å². The van der Waals surface area contributed by atoms with Gasteiger partial charge in [-0.3, -0.25) is 14.5 Å². The van der Waals surface area contributed by atoms with E-state index in [1.165, 1.54) is 13.8 Å². The van der Waals surface area contributed by atoms with Gasteiger partial charge in [0.05, 0.1) is 13.2 Å². The fraction of sp³-hybridized carbons (Fsp3) is 0.615. The van der Waals surface area contributed by atoms with Crippen molar-refractivity contribution in [1.29, 1.82) is 0 Å². The molecule has 1 saturated carbocycles. The van der Waals surface area contributed by atoms with Gasteiger partial charge < -0.3 is 24.2 Å². The normalized spacial score (nSPS) is 37.6. The summed E-state index contributed by atoms with van der Waals surface area (Å²) in [6, 6.07) is 5.64. The molecule has 8 nitrogen and oxygen atoms in total. The van der Waals surface area contributed by atoms with E-state index in [1.54, 1.807) is 7.11 Å². The third kappa shape index (κ3) is 2.78. The molecule has 0 radical (unpaired) electrons. The largest absolute Gasteiger partial charge is 0.497 e. The Balaban J connectivity index is 1.81. The number of likely N-dealkylation sites (N-methyl/N-ethyl adjacent to an activating group) is 1. The van der Waals surface area contributed by atoms with Crippen LogP contribution in [0.2, 0.25) is 0 Å². The van der Waals surface area contributed by atoms with Crippen molar-refractivity contribution in [3.63, 3.8) is 0 Å². The summed E-state index contributed by atoms with van der Waals surface area (Å²) in [5.74, 6) is -0.209. The van der Waals surface area contributed by atoms with E-state index in [0.29, 0.717) is 6.42 Å². The molecule has 8 heteroatoms. The molecular weight excluding hydrogens is 436 g/mol. The van der Waals surface area contributed by atoms with E-state index < -0.39 is 40.5 Å². The van der Waals surface area contributed by atoms with Crippen LogP contribution in [0.5, 0.6) is 5.75 Å². The Labute approximate surface area is 200 Å². The molecule has 0 unspecified atom stereocenters. The lowest BCUT2D eigenvalue weighted by atomic mass is 9.48. The van der Waals surface area contributed by atoms with E-state index in [2.05, 4.69) is 34.9 Å². The molecule has 1 aromatic carbocycles. The van der Waals surface area contributed by atoms with E-state index >= 15 is 0 Å². The fourth-order valence-electron chi connectivity index (χ4n) is 7.83. The first-order valence-corrected chi connectivity index (χ1v) is 12.0. The molecule has 34 heavy (non-hydrogen) atoms. The highest BCUT2D eigenvalue weighted by atomic mass is 16.6. The summed E-state index contributed by atoms with van der Waals surface area (Å²) in [6.07, 6.45) is 4.88. The van der Waals surface area contributed by atoms with Crippen molar-refractivity contribution in [3.8, 4) is 5.75 Å². The summed E-state index contributed by atoms with van der Waals surface area (Å²) in [5.41, 5.74) is -0.584. The minimum Gasteiger partial charge on any atom is -0.497 e. The number of nitrogens with zero attached hydrogens (tertiary/aromatic N) is 2. The van der Waals surface area contributed by atoms with Crippen molar-refractivity contribution in [1.82, 2.24) is 4.90 Å². The van der Waals surface area contributed by atoms with Crippen molar-refractivity contribution < 1.29 is 28.9 Å². The minimum absolute atomic E-state index is 0.0130. The van der Waals surface area contributed by atoms with Crippen LogP contribution in [0.15, 0.2) is 30.4 Å². The van der Waals surface area contributed by atoms with Gasteiger partial charge in [-0.25, -0.2) is 0 Å². The predicted octanol–water partition coefficient (Wildman–Crippen LogP) is 2.03. The number of esters is 2. The Hall–Kier alpha value is -2.58. The molecule has 1 aliphatic carbocycles. The highest BCUT2D eigenvalue weighted by Crippen LogP contribution is 2.67. The molecule has 0 aromatic heterocycles. The van der Waals surface area contributed by atoms with Crippen LogP contribution in [0.1, 0.15) is 39.2 Å². The first kappa shape index (κ1) is 23.2. The van der Waals surface area contributed by atoms with Crippen LogP contribution < -0.4 is 9.64 Å². The van der Waals surface area contributed by atoms with Crippen molar-refractivity contribution >= 4 is 17.6 Å². The van der Waals surface area contributed by atoms with Crippen LogP contribution in [0.25, 0.3) is 0 Å². The molecule has 3 aliphatic heterocycles. The van der Waals surface area contributed by atoms with E-state index in [-0.39, 0.29) is 12.6 Å². The molecule has 6 atom stereocenters. The maximum atomic E-state index is 12.6. The summed E-state index contributed by atoms with van der Waals surface area (Å²) in [5, 5.41) is 12.6. The molecule has 1 saturated heterocycles. The van der Waals surface area contributed by atoms with E-state index in [4.69, 9.17) is 14.2 Å². The van der Waals surface area contributed by atoms with Gasteiger partial charge in [-0.1, -0.05) is 25.1 Å². The predicted molar refractivity (Wildman–Crippen MR) is 126 cm³/mol. The number of carbonyl (C=O) groups is 2. The number of ether oxygens (including phenoxy) is 3. The average molecular weight is 471 g/mol. The topological polar surface area (TPSA) is 88.5 Å². The lowest BCUT2D eigenvalue weighted by molar-refractivity contribution is -0.232. The van der Waals surface area contributed by atoms with Crippen LogP contribution in [0.4, 0.5) is 5.69 Å². The Morgan fingerprint density at radius 3 is 2.62 bits per heavy atom. The number of hydrogen-bond donors (Lipinski definition) is 1. The second-order valence-corrected chi connectivity index (χ2v) is 10.2. The van der Waals surface area contributed by atoms with Crippen molar-refractivity contribution in [2.24, 2.45) is 5.41 Å². The van der Waals surface area contributed by atoms with E-state index in [0.717, 1.165) is 36.5 Å². The second kappa shape index (κ2) is 7.71. The Morgan fingerprint density at radius 1 is 1.21 bits per heavy atom. The Bertz CT molecular complexity index is 1060. The summed E-state index contributed by atoms with van der Waals surface area (Å²) in [4.78, 5) is 28.9. The number of hydrogen-bond acceptors (Lipinski definition) is 8. The summed E-state index contributed by atoms with van der Waals surface area (Å²) in [6.45, 7) is 6.20. The molecule has 0 bridgehead atoms. The van der Waals surface area contributed by atoms with Crippen LogP contribution in [0.3, 0.4) is 0 Å². The van der Waals surface area contributed by atoms with Crippen molar-refractivity contribution in [2.75, 3.05) is 38.8 Å². The molecular formula is C26H34N2O6. The van der Waals surface area contributed by atoms with Crippen LogP contribution in [0, 0.1) is 5.41 Å². The summed E-state index contributed by atoms with van der Waals surface area (Å²) in [7, 11) is 3.60. The Morgan fingerprint density at radius 2 is 1.97 bits per heavy atom. The number of fused-ring (bicyclic) bond motifs is 1. The minimum atomic E-state index is -1.64. The fourth-order valence-corrected chi connectivity index (χ4v) is 7.83. The van der Waals surface area contributed by atoms with Crippen LogP contribution in [-0.4, -0.2) is 79.6 Å². The molecule has 1 aromatic rings. The van der Waals surface area contributed by atoms with Crippen LogP contribution in [-0.2, 0) is 24.5 Å². The molecule has 5 rings (SSSR count). The molecule has 4 aliphatic rings. The van der Waals surface area contributed by atoms with Crippen LogP contribution >= 0.6 is 0 Å². The van der Waals surface area contributed by atoms with Gasteiger partial charge in [0.2, 0.25) is 0 Å². The van der Waals surface area contributed by atoms with E-state index in [1.807, 2.05) is 19.2 Å². The van der Waals surface area contributed by atoms with Gasteiger partial charge in [0.25, 0.3) is 0 Å². The monoisotopic (exact) mass is 470 g/mol. The zero-order chi connectivity index (χ0) is 24.5. The number of methoxy groups -OCH3 is 1. The summed E-state index contributed by atoms with van der Waals surface area (Å²) >= 11 is 0. The number of carbonyl (C=O) groups excluding carboxylic acids is 2. The zero-order valence-corrected chi connectivity index (χ0v) is 20.5. The lowest BCUT2D eigenvalue weighted by Gasteiger charge is -2.64. The number of anilines is 1. The SMILES string of the molecule is CC[C@]12C=CCN3CC[C@@]4(c5ccc(OC)cc5N(C)[C@H]4[C@@](O)(COC(C)=O)[C@@H]1OC(C)=O)[C@@H]32. The van der Waals surface area contributed by atoms with Gasteiger partial charge in [-0.15, -0.1) is 0 Å².